The number of aryl methyl sites for hydroxylation is 1. The first kappa shape index (κ1) is 17.7. The molecule has 132 valence electrons. The van der Waals surface area contributed by atoms with Gasteiger partial charge in [0.25, 0.3) is 0 Å². The summed E-state index contributed by atoms with van der Waals surface area (Å²) in [6.07, 6.45) is -6.32. The average Bonchev–Trinajstić information content (AvgIpc) is 2.92. The molecule has 0 radical (unpaired) electrons. The van der Waals surface area contributed by atoms with Gasteiger partial charge in [0, 0.05) is 6.42 Å². The van der Waals surface area contributed by atoms with Crippen molar-refractivity contribution in [1.82, 2.24) is 0 Å². The molecule has 0 N–H and O–H groups in total. The number of alkyl halides is 5. The number of hydrogen-bond donors (Lipinski definition) is 0. The van der Waals surface area contributed by atoms with Crippen molar-refractivity contribution in [1.29, 1.82) is 0 Å². The van der Waals surface area contributed by atoms with E-state index in [2.05, 4.69) is 4.99 Å². The van der Waals surface area contributed by atoms with Crippen molar-refractivity contribution in [3.05, 3.63) is 52.5 Å². The van der Waals surface area contributed by atoms with Gasteiger partial charge in [0.05, 0.1) is 10.7 Å². The third-order valence-corrected chi connectivity index (χ3v) is 4.01. The highest BCUT2D eigenvalue weighted by Gasteiger charge is 2.61. The Balaban J connectivity index is 1.88. The molecule has 0 fully saturated rings. The van der Waals surface area contributed by atoms with E-state index in [0.29, 0.717) is 5.75 Å². The van der Waals surface area contributed by atoms with Crippen LogP contribution in [0.1, 0.15) is 11.1 Å². The summed E-state index contributed by atoms with van der Waals surface area (Å²) < 4.78 is 70.0. The first-order valence-corrected chi connectivity index (χ1v) is 7.55. The fraction of sp³-hybridized carbons (Fsp3) is 0.235. The van der Waals surface area contributed by atoms with Crippen molar-refractivity contribution in [2.75, 3.05) is 0 Å². The second-order valence-corrected chi connectivity index (χ2v) is 6.04. The lowest BCUT2D eigenvalue weighted by Gasteiger charge is -2.19. The van der Waals surface area contributed by atoms with Crippen LogP contribution >= 0.6 is 11.6 Å². The smallest absolute Gasteiger partial charge is 0.456 e. The minimum atomic E-state index is -5.70. The van der Waals surface area contributed by atoms with Gasteiger partial charge in [-0.3, -0.25) is 4.99 Å². The van der Waals surface area contributed by atoms with Crippen molar-refractivity contribution in [3.8, 4) is 11.5 Å². The van der Waals surface area contributed by atoms with Gasteiger partial charge in [-0.15, -0.1) is 0 Å². The van der Waals surface area contributed by atoms with Gasteiger partial charge in [-0.05, 0) is 36.8 Å². The fourth-order valence-corrected chi connectivity index (χ4v) is 2.55. The van der Waals surface area contributed by atoms with E-state index < -0.39 is 24.2 Å². The molecule has 0 saturated heterocycles. The van der Waals surface area contributed by atoms with Crippen LogP contribution in [0.15, 0.2) is 41.4 Å². The molecule has 2 aromatic carbocycles. The molecule has 25 heavy (non-hydrogen) atoms. The van der Waals surface area contributed by atoms with Gasteiger partial charge >= 0.3 is 12.1 Å². The van der Waals surface area contributed by atoms with Crippen LogP contribution < -0.4 is 4.74 Å². The Labute approximate surface area is 144 Å². The van der Waals surface area contributed by atoms with Crippen LogP contribution in [0, 0.1) is 6.92 Å². The Morgan fingerprint density at radius 2 is 1.68 bits per heavy atom. The average molecular weight is 376 g/mol. The summed E-state index contributed by atoms with van der Waals surface area (Å²) in [7, 11) is 0. The fourth-order valence-electron chi connectivity index (χ4n) is 2.35. The zero-order chi connectivity index (χ0) is 18.4. The molecular formula is C17H11ClF5NO. The number of fused-ring (bicyclic) bond motifs is 1. The molecule has 0 spiro atoms. The number of halogens is 6. The molecule has 0 aliphatic carbocycles. The monoisotopic (exact) mass is 375 g/mol. The molecule has 2 aromatic rings. The van der Waals surface area contributed by atoms with Gasteiger partial charge in [-0.25, -0.2) is 0 Å². The van der Waals surface area contributed by atoms with Crippen molar-refractivity contribution >= 4 is 23.0 Å². The van der Waals surface area contributed by atoms with Crippen LogP contribution in [-0.4, -0.2) is 17.8 Å². The number of hydrogen-bond acceptors (Lipinski definition) is 2. The topological polar surface area (TPSA) is 21.6 Å². The maximum absolute atomic E-state index is 13.5. The SMILES string of the molecule is Cc1ccc(Oc2cc3c(cc2Cl)N=C(C(F)(F)C(F)(F)F)C3)cc1. The number of aliphatic imine (C=N–C) groups is 1. The van der Waals surface area contributed by atoms with E-state index in [9.17, 15) is 22.0 Å². The van der Waals surface area contributed by atoms with E-state index in [-0.39, 0.29) is 22.0 Å². The summed E-state index contributed by atoms with van der Waals surface area (Å²) in [5, 5.41) is 0.0691. The summed E-state index contributed by atoms with van der Waals surface area (Å²) in [5.74, 6) is -4.36. The zero-order valence-electron chi connectivity index (χ0n) is 12.8. The van der Waals surface area contributed by atoms with Gasteiger partial charge in [0.2, 0.25) is 0 Å². The maximum Gasteiger partial charge on any atom is 0.459 e. The Bertz CT molecular complexity index is 843. The summed E-state index contributed by atoms with van der Waals surface area (Å²) in [5.41, 5.74) is -0.0519. The van der Waals surface area contributed by atoms with Crippen LogP contribution in [0.4, 0.5) is 27.6 Å². The van der Waals surface area contributed by atoms with Crippen LogP contribution in [0.5, 0.6) is 11.5 Å². The van der Waals surface area contributed by atoms with E-state index in [1.54, 1.807) is 12.1 Å². The number of benzene rings is 2. The number of nitrogens with zero attached hydrogens (tertiary/aromatic N) is 1. The normalized spacial score (nSPS) is 14.3. The molecule has 1 aliphatic rings. The highest BCUT2D eigenvalue weighted by Crippen LogP contribution is 2.44. The first-order chi connectivity index (χ1) is 11.6. The molecule has 0 bridgehead atoms. The van der Waals surface area contributed by atoms with E-state index in [0.717, 1.165) is 5.56 Å². The van der Waals surface area contributed by atoms with Crippen molar-refractivity contribution in [2.24, 2.45) is 4.99 Å². The Morgan fingerprint density at radius 3 is 2.28 bits per heavy atom. The lowest BCUT2D eigenvalue weighted by molar-refractivity contribution is -0.249. The van der Waals surface area contributed by atoms with Crippen LogP contribution in [0.3, 0.4) is 0 Å². The maximum atomic E-state index is 13.5. The van der Waals surface area contributed by atoms with Gasteiger partial charge in [-0.1, -0.05) is 29.3 Å². The summed E-state index contributed by atoms with van der Waals surface area (Å²) in [4.78, 5) is 3.42. The summed E-state index contributed by atoms with van der Waals surface area (Å²) in [6, 6.07) is 9.56. The number of ether oxygens (including phenoxy) is 1. The van der Waals surface area contributed by atoms with Gasteiger partial charge in [-0.2, -0.15) is 22.0 Å². The summed E-state index contributed by atoms with van der Waals surface area (Å²) in [6.45, 7) is 1.89. The predicted octanol–water partition coefficient (Wildman–Crippen LogP) is 6.27. The highest BCUT2D eigenvalue weighted by molar-refractivity contribution is 6.32. The van der Waals surface area contributed by atoms with E-state index in [1.807, 2.05) is 19.1 Å². The second-order valence-electron chi connectivity index (χ2n) is 5.63. The Morgan fingerprint density at radius 1 is 1.04 bits per heavy atom. The third kappa shape index (κ3) is 3.33. The van der Waals surface area contributed by atoms with Gasteiger partial charge < -0.3 is 4.74 Å². The minimum absolute atomic E-state index is 0.0137. The Kier molecular flexibility index (Phi) is 4.23. The molecule has 1 heterocycles. The predicted molar refractivity (Wildman–Crippen MR) is 84.5 cm³/mol. The molecular weight excluding hydrogens is 365 g/mol. The van der Waals surface area contributed by atoms with Crippen LogP contribution in [-0.2, 0) is 6.42 Å². The highest BCUT2D eigenvalue weighted by atomic mass is 35.5. The molecule has 8 heteroatoms. The zero-order valence-corrected chi connectivity index (χ0v) is 13.6. The lowest BCUT2D eigenvalue weighted by atomic mass is 10.1. The van der Waals surface area contributed by atoms with Crippen LogP contribution in [0.2, 0.25) is 5.02 Å². The molecule has 1 aliphatic heterocycles. The minimum Gasteiger partial charge on any atom is -0.456 e. The van der Waals surface area contributed by atoms with Gasteiger partial charge in [0.15, 0.2) is 0 Å². The number of rotatable bonds is 3. The molecule has 0 aromatic heterocycles. The molecule has 0 saturated carbocycles. The van der Waals surface area contributed by atoms with Crippen molar-refractivity contribution in [2.45, 2.75) is 25.4 Å². The Hall–Kier alpha value is -2.15. The first-order valence-electron chi connectivity index (χ1n) is 7.17. The molecule has 0 unspecified atom stereocenters. The molecule has 2 nitrogen and oxygen atoms in total. The second kappa shape index (κ2) is 5.98. The summed E-state index contributed by atoms with van der Waals surface area (Å²) >= 11 is 6.04. The van der Waals surface area contributed by atoms with E-state index in [4.69, 9.17) is 16.3 Å². The lowest BCUT2D eigenvalue weighted by Crippen LogP contribution is -2.44. The van der Waals surface area contributed by atoms with Crippen molar-refractivity contribution < 1.29 is 26.7 Å². The van der Waals surface area contributed by atoms with Crippen molar-refractivity contribution in [3.63, 3.8) is 0 Å². The largest absolute Gasteiger partial charge is 0.459 e. The van der Waals surface area contributed by atoms with Crippen LogP contribution in [0.25, 0.3) is 0 Å². The van der Waals surface area contributed by atoms with E-state index >= 15 is 0 Å². The third-order valence-electron chi connectivity index (χ3n) is 3.71. The quantitative estimate of drug-likeness (QED) is 0.579. The molecule has 0 atom stereocenters. The standard InChI is InChI=1S/C17H11ClF5NO/c1-9-2-4-11(5-3-9)25-14-6-10-7-15(16(19,20)17(21,22)23)24-13(10)8-12(14)18/h2-6,8H,7H2,1H3. The van der Waals surface area contributed by atoms with Gasteiger partial charge in [0.1, 0.15) is 17.2 Å². The molecule has 0 amide bonds. The molecule has 3 rings (SSSR count). The van der Waals surface area contributed by atoms with E-state index in [1.165, 1.54) is 12.1 Å².